The zero-order valence-corrected chi connectivity index (χ0v) is 16.4. The fraction of sp³-hybridized carbons (Fsp3) is 0.600. The fourth-order valence-electron chi connectivity index (χ4n) is 3.50. The van der Waals surface area contributed by atoms with E-state index in [2.05, 4.69) is 32.6 Å². The van der Waals surface area contributed by atoms with E-state index < -0.39 is 0 Å². The average molecular weight is 348 g/mol. The molecular formula is C20H33N2OP. The van der Waals surface area contributed by atoms with Crippen LogP contribution < -0.4 is 10.6 Å². The molecule has 1 saturated carbocycles. The zero-order valence-electron chi connectivity index (χ0n) is 15.4. The minimum atomic E-state index is 0.162. The Labute approximate surface area is 149 Å². The zero-order chi connectivity index (χ0) is 17.5. The molecule has 3 nitrogen and oxygen atoms in total. The van der Waals surface area contributed by atoms with Crippen molar-refractivity contribution in [1.82, 2.24) is 5.01 Å². The Balaban J connectivity index is 1.84. The van der Waals surface area contributed by atoms with Crippen molar-refractivity contribution in [3.8, 4) is 5.75 Å². The van der Waals surface area contributed by atoms with E-state index >= 15 is 0 Å². The highest BCUT2D eigenvalue weighted by molar-refractivity contribution is 7.43. The summed E-state index contributed by atoms with van der Waals surface area (Å²) in [4.78, 5) is 0. The van der Waals surface area contributed by atoms with Crippen LogP contribution in [0.2, 0.25) is 0 Å². The molecule has 1 aromatic carbocycles. The first-order chi connectivity index (χ1) is 11.5. The van der Waals surface area contributed by atoms with Crippen molar-refractivity contribution < 1.29 is 4.74 Å². The van der Waals surface area contributed by atoms with Crippen molar-refractivity contribution in [3.63, 3.8) is 0 Å². The second-order valence-corrected chi connectivity index (χ2v) is 9.06. The van der Waals surface area contributed by atoms with Gasteiger partial charge in [-0.15, -0.1) is 0 Å². The van der Waals surface area contributed by atoms with E-state index in [4.69, 9.17) is 10.6 Å². The fourth-order valence-corrected chi connectivity index (χ4v) is 4.68. The molecule has 0 amide bonds. The van der Waals surface area contributed by atoms with Gasteiger partial charge in [-0.05, 0) is 51.2 Å². The summed E-state index contributed by atoms with van der Waals surface area (Å²) in [5, 5.41) is 1.71. The lowest BCUT2D eigenvalue weighted by molar-refractivity contribution is 0.270. The Morgan fingerprint density at radius 2 is 2.04 bits per heavy atom. The van der Waals surface area contributed by atoms with Crippen molar-refractivity contribution in [1.29, 1.82) is 0 Å². The molecule has 2 N–H and O–H groups in total. The molecule has 0 heterocycles. The number of nitrogens with two attached hydrogens (primary N) is 1. The number of benzene rings is 1. The van der Waals surface area contributed by atoms with E-state index in [1.165, 1.54) is 38.5 Å². The molecule has 0 radical (unpaired) electrons. The molecule has 24 heavy (non-hydrogen) atoms. The van der Waals surface area contributed by atoms with Crippen LogP contribution in [0, 0.1) is 5.92 Å². The van der Waals surface area contributed by atoms with Crippen molar-refractivity contribution in [2.24, 2.45) is 11.8 Å². The maximum absolute atomic E-state index is 6.00. The third-order valence-electron chi connectivity index (χ3n) is 5.01. The first-order valence-corrected chi connectivity index (χ1v) is 10.2. The van der Waals surface area contributed by atoms with Crippen LogP contribution in [-0.4, -0.2) is 17.7 Å². The summed E-state index contributed by atoms with van der Waals surface area (Å²) in [7, 11) is 2.54. The van der Waals surface area contributed by atoms with Crippen molar-refractivity contribution in [2.45, 2.75) is 64.1 Å². The summed E-state index contributed by atoms with van der Waals surface area (Å²) < 4.78 is 6.00. The van der Waals surface area contributed by atoms with Gasteiger partial charge in [-0.1, -0.05) is 57.7 Å². The van der Waals surface area contributed by atoms with Gasteiger partial charge in [0.15, 0.2) is 0 Å². The van der Waals surface area contributed by atoms with E-state index in [0.29, 0.717) is 14.2 Å². The molecule has 4 heteroatoms. The number of hydrazine groups is 1. The van der Waals surface area contributed by atoms with Crippen LogP contribution >= 0.6 is 8.58 Å². The van der Waals surface area contributed by atoms with Gasteiger partial charge in [0.25, 0.3) is 0 Å². The third-order valence-corrected chi connectivity index (χ3v) is 6.16. The van der Waals surface area contributed by atoms with Crippen molar-refractivity contribution in [2.75, 3.05) is 7.05 Å². The molecule has 0 aliphatic heterocycles. The van der Waals surface area contributed by atoms with E-state index in [9.17, 15) is 0 Å². The van der Waals surface area contributed by atoms with Gasteiger partial charge in [-0.2, -0.15) is 0 Å². The van der Waals surface area contributed by atoms with E-state index in [1.807, 2.05) is 19.2 Å². The predicted octanol–water partition coefficient (Wildman–Crippen LogP) is 5.44. The number of hydrogen-bond acceptors (Lipinski definition) is 3. The lowest BCUT2D eigenvalue weighted by Gasteiger charge is -2.25. The van der Waals surface area contributed by atoms with Gasteiger partial charge >= 0.3 is 0 Å². The number of rotatable bonds is 8. The monoisotopic (exact) mass is 348 g/mol. The summed E-state index contributed by atoms with van der Waals surface area (Å²) in [5.74, 6) is 7.63. The molecule has 134 valence electrons. The van der Waals surface area contributed by atoms with E-state index in [0.717, 1.165) is 22.7 Å². The molecule has 1 fully saturated rings. The van der Waals surface area contributed by atoms with Crippen LogP contribution in [0.15, 0.2) is 36.3 Å². The Kier molecular flexibility index (Phi) is 7.74. The normalized spacial score (nSPS) is 18.9. The average Bonchev–Trinajstić information content (AvgIpc) is 2.54. The summed E-state index contributed by atoms with van der Waals surface area (Å²) >= 11 is 0. The molecule has 2 rings (SSSR count). The van der Waals surface area contributed by atoms with Gasteiger partial charge in [0.05, 0.1) is 0 Å². The summed E-state index contributed by atoms with van der Waals surface area (Å²) in [6.45, 7) is 8.57. The molecule has 3 atom stereocenters. The molecule has 0 aromatic heterocycles. The van der Waals surface area contributed by atoms with Gasteiger partial charge in [0.2, 0.25) is 0 Å². The first-order valence-electron chi connectivity index (χ1n) is 9.16. The lowest BCUT2D eigenvalue weighted by Crippen LogP contribution is -2.29. The highest BCUT2D eigenvalue weighted by Crippen LogP contribution is 2.37. The molecule has 1 aliphatic rings. The van der Waals surface area contributed by atoms with E-state index in [1.54, 1.807) is 5.01 Å². The Hall–Kier alpha value is -0.890. The quantitative estimate of drug-likeness (QED) is 0.294. The van der Waals surface area contributed by atoms with Gasteiger partial charge in [-0.3, -0.25) is 5.84 Å². The maximum Gasteiger partial charge on any atom is 0.127 e. The summed E-state index contributed by atoms with van der Waals surface area (Å²) in [6.07, 6.45) is 8.39. The molecule has 1 aromatic rings. The minimum absolute atomic E-state index is 0.162. The number of hydrogen-bond donors (Lipinski definition) is 1. The van der Waals surface area contributed by atoms with Gasteiger partial charge in [0.1, 0.15) is 11.2 Å². The molecule has 0 bridgehead atoms. The topological polar surface area (TPSA) is 38.5 Å². The SMILES string of the molecule is C=C(Oc1cccc(C(C)N(C)N)c1)PC(C)CC1CCCCC1. The lowest BCUT2D eigenvalue weighted by atomic mass is 9.86. The highest BCUT2D eigenvalue weighted by Gasteiger charge is 2.17. The van der Waals surface area contributed by atoms with Crippen LogP contribution in [0.25, 0.3) is 0 Å². The molecular weight excluding hydrogens is 315 g/mol. The predicted molar refractivity (Wildman–Crippen MR) is 106 cm³/mol. The van der Waals surface area contributed by atoms with Crippen LogP contribution in [-0.2, 0) is 0 Å². The molecule has 0 spiro atoms. The second kappa shape index (κ2) is 9.56. The number of nitrogens with zero attached hydrogens (tertiary/aromatic N) is 1. The van der Waals surface area contributed by atoms with Crippen LogP contribution in [0.1, 0.15) is 64.0 Å². The highest BCUT2D eigenvalue weighted by atomic mass is 31.1. The Bertz CT molecular complexity index is 526. The van der Waals surface area contributed by atoms with Gasteiger partial charge in [-0.25, -0.2) is 5.01 Å². The smallest absolute Gasteiger partial charge is 0.127 e. The standard InChI is InChI=1S/C20H33N2OP/c1-15(13-18-9-6-5-7-10-18)24-17(3)23-20-12-8-11-19(14-20)16(2)22(4)21/h8,11-12,14-16,18,24H,3,5-7,9-10,13,21H2,1-2,4H3. The summed E-state index contributed by atoms with van der Waals surface area (Å²) in [5.41, 5.74) is 2.71. The molecule has 3 unspecified atom stereocenters. The van der Waals surface area contributed by atoms with Crippen LogP contribution in [0.3, 0.4) is 0 Å². The summed E-state index contributed by atoms with van der Waals surface area (Å²) in [6, 6.07) is 8.32. The van der Waals surface area contributed by atoms with Gasteiger partial charge < -0.3 is 4.74 Å². The van der Waals surface area contributed by atoms with Crippen molar-refractivity contribution in [3.05, 3.63) is 41.9 Å². The third kappa shape index (κ3) is 6.20. The largest absolute Gasteiger partial charge is 0.458 e. The molecule has 1 aliphatic carbocycles. The second-order valence-electron chi connectivity index (χ2n) is 7.22. The van der Waals surface area contributed by atoms with Crippen LogP contribution in [0.4, 0.5) is 0 Å². The maximum atomic E-state index is 6.00. The van der Waals surface area contributed by atoms with Crippen LogP contribution in [0.5, 0.6) is 5.75 Å². The van der Waals surface area contributed by atoms with Crippen molar-refractivity contribution >= 4 is 8.58 Å². The van der Waals surface area contributed by atoms with Gasteiger partial charge in [0, 0.05) is 13.1 Å². The Morgan fingerprint density at radius 1 is 1.33 bits per heavy atom. The minimum Gasteiger partial charge on any atom is -0.458 e. The molecule has 0 saturated heterocycles. The Morgan fingerprint density at radius 3 is 2.71 bits per heavy atom. The number of ether oxygens (including phenoxy) is 1. The first kappa shape index (κ1) is 19.4. The van der Waals surface area contributed by atoms with E-state index in [-0.39, 0.29) is 6.04 Å².